The highest BCUT2D eigenvalue weighted by Gasteiger charge is 2.42. The van der Waals surface area contributed by atoms with Crippen molar-refractivity contribution in [1.29, 1.82) is 0 Å². The first-order valence-electron chi connectivity index (χ1n) is 8.13. The lowest BCUT2D eigenvalue weighted by Gasteiger charge is -2.31. The van der Waals surface area contributed by atoms with E-state index < -0.39 is 33.8 Å². The van der Waals surface area contributed by atoms with Crippen molar-refractivity contribution in [2.24, 2.45) is 0 Å². The number of anilines is 1. The fourth-order valence-corrected chi connectivity index (χ4v) is 3.56. The van der Waals surface area contributed by atoms with E-state index >= 15 is 0 Å². The quantitative estimate of drug-likeness (QED) is 0.771. The molecule has 1 heterocycles. The minimum atomic E-state index is -4.49. The fraction of sp³-hybridized carbons (Fsp3) is 0.625. The Kier molecular flexibility index (Phi) is 6.34. The van der Waals surface area contributed by atoms with Gasteiger partial charge in [-0.3, -0.25) is 4.79 Å². The third-order valence-corrected chi connectivity index (χ3v) is 5.88. The maximum absolute atomic E-state index is 12.5. The lowest BCUT2D eigenvalue weighted by atomic mass is 9.96. The third-order valence-electron chi connectivity index (χ3n) is 4.22. The van der Waals surface area contributed by atoms with Gasteiger partial charge in [0.1, 0.15) is 5.82 Å². The Morgan fingerprint density at radius 1 is 1.24 bits per heavy atom. The van der Waals surface area contributed by atoms with Gasteiger partial charge in [-0.25, -0.2) is 4.98 Å². The molecule has 0 aliphatic heterocycles. The summed E-state index contributed by atoms with van der Waals surface area (Å²) in [7, 11) is 0. The lowest BCUT2D eigenvalue weighted by Crippen LogP contribution is -2.53. The summed E-state index contributed by atoms with van der Waals surface area (Å²) in [4.78, 5) is 16.0. The highest BCUT2D eigenvalue weighted by Crippen LogP contribution is 2.29. The Bertz CT molecular complexity index is 587. The number of amides is 1. The summed E-state index contributed by atoms with van der Waals surface area (Å²) < 4.78 is 51.8. The Morgan fingerprint density at radius 2 is 1.88 bits per heavy atom. The number of aromatic nitrogens is 1. The normalized spacial score (nSPS) is 18.0. The number of rotatable bonds is 5. The first kappa shape index (κ1) is 20.0. The molecule has 1 saturated carbocycles. The van der Waals surface area contributed by atoms with Gasteiger partial charge >= 0.3 is 6.18 Å². The van der Waals surface area contributed by atoms with Crippen molar-refractivity contribution >= 4 is 23.1 Å². The van der Waals surface area contributed by atoms with Gasteiger partial charge in [-0.1, -0.05) is 19.3 Å². The number of carbonyl (C=O) groups excluding carboxylic acids is 1. The van der Waals surface area contributed by atoms with Crippen LogP contribution in [0.25, 0.3) is 0 Å². The van der Waals surface area contributed by atoms with Gasteiger partial charge in [-0.05, 0) is 38.8 Å². The second-order valence-electron chi connectivity index (χ2n) is 6.62. The van der Waals surface area contributed by atoms with Gasteiger partial charge in [0, 0.05) is 6.20 Å². The average Bonchev–Trinajstić information content (AvgIpc) is 2.55. The summed E-state index contributed by atoms with van der Waals surface area (Å²) in [6.45, 7) is 3.05. The van der Waals surface area contributed by atoms with Crippen LogP contribution in [-0.2, 0) is 22.3 Å². The van der Waals surface area contributed by atoms with Gasteiger partial charge < -0.3 is 9.87 Å². The molecule has 0 radical (unpaired) electrons. The van der Waals surface area contributed by atoms with Gasteiger partial charge in [-0.15, -0.1) is 4.72 Å². The number of hydrogen-bond donors (Lipinski definition) is 2. The first-order valence-corrected chi connectivity index (χ1v) is 9.28. The summed E-state index contributed by atoms with van der Waals surface area (Å²) in [5, 5.41) is 2.43. The molecule has 25 heavy (non-hydrogen) atoms. The van der Waals surface area contributed by atoms with E-state index in [0.717, 1.165) is 44.2 Å². The zero-order valence-corrected chi connectivity index (χ0v) is 15.0. The summed E-state index contributed by atoms with van der Waals surface area (Å²) in [5.41, 5.74) is -0.896. The molecule has 1 atom stereocenters. The molecular weight excluding hydrogens is 355 g/mol. The Hall–Kier alpha value is -1.32. The predicted molar refractivity (Wildman–Crippen MR) is 90.1 cm³/mol. The van der Waals surface area contributed by atoms with Gasteiger partial charge in [0.05, 0.1) is 23.0 Å². The Balaban J connectivity index is 1.97. The van der Waals surface area contributed by atoms with Gasteiger partial charge in [0.2, 0.25) is 4.75 Å². The van der Waals surface area contributed by atoms with Crippen LogP contribution in [-0.4, -0.2) is 26.2 Å². The van der Waals surface area contributed by atoms with Crippen molar-refractivity contribution in [3.63, 3.8) is 0 Å². The van der Waals surface area contributed by atoms with Gasteiger partial charge in [0.25, 0.3) is 5.91 Å². The second-order valence-corrected chi connectivity index (χ2v) is 8.41. The molecule has 0 saturated heterocycles. The minimum absolute atomic E-state index is 0.0132. The molecule has 0 aromatic carbocycles. The molecule has 1 unspecified atom stereocenters. The zero-order valence-electron chi connectivity index (χ0n) is 14.2. The molecule has 0 bridgehead atoms. The largest absolute Gasteiger partial charge is 0.597 e. The predicted octanol–water partition coefficient (Wildman–Crippen LogP) is 3.40. The highest BCUT2D eigenvalue weighted by atomic mass is 32.2. The van der Waals surface area contributed by atoms with Crippen molar-refractivity contribution in [2.45, 2.75) is 62.9 Å². The topological polar surface area (TPSA) is 77.1 Å². The SMILES string of the molecule is CC(C)(C(=O)Nc1ccc(C(F)(F)F)cn1)[S+]([O-])NC1CCCCC1. The van der Waals surface area contributed by atoms with Crippen LogP contribution in [0.4, 0.5) is 19.0 Å². The van der Waals surface area contributed by atoms with Crippen molar-refractivity contribution in [3.8, 4) is 0 Å². The van der Waals surface area contributed by atoms with E-state index in [-0.39, 0.29) is 11.9 Å². The summed E-state index contributed by atoms with van der Waals surface area (Å²) in [5.74, 6) is -0.581. The van der Waals surface area contributed by atoms with Crippen LogP contribution in [0.5, 0.6) is 0 Å². The molecule has 9 heteroatoms. The molecule has 140 valence electrons. The van der Waals surface area contributed by atoms with Gasteiger partial charge in [0.15, 0.2) is 0 Å². The van der Waals surface area contributed by atoms with Crippen molar-refractivity contribution < 1.29 is 22.5 Å². The maximum Gasteiger partial charge on any atom is 0.417 e. The van der Waals surface area contributed by atoms with Crippen molar-refractivity contribution in [1.82, 2.24) is 9.71 Å². The molecule has 0 spiro atoms. The van der Waals surface area contributed by atoms with E-state index in [9.17, 15) is 22.5 Å². The van der Waals surface area contributed by atoms with Crippen LogP contribution in [0, 0.1) is 0 Å². The van der Waals surface area contributed by atoms with Crippen LogP contribution in [0.3, 0.4) is 0 Å². The molecule has 5 nitrogen and oxygen atoms in total. The number of nitrogens with zero attached hydrogens (tertiary/aromatic N) is 1. The molecule has 2 N–H and O–H groups in total. The Labute approximate surface area is 148 Å². The third kappa shape index (κ3) is 5.32. The number of hydrogen-bond acceptors (Lipinski definition) is 4. The van der Waals surface area contributed by atoms with E-state index in [1.165, 1.54) is 13.8 Å². The van der Waals surface area contributed by atoms with Crippen molar-refractivity contribution in [2.75, 3.05) is 5.32 Å². The van der Waals surface area contributed by atoms with E-state index in [1.807, 2.05) is 0 Å². The molecule has 1 aliphatic rings. The molecule has 1 aliphatic carbocycles. The average molecular weight is 377 g/mol. The fourth-order valence-electron chi connectivity index (χ4n) is 2.51. The van der Waals surface area contributed by atoms with Crippen LogP contribution < -0.4 is 10.0 Å². The molecule has 1 aromatic heterocycles. The summed E-state index contributed by atoms with van der Waals surface area (Å²) >= 11 is -1.62. The smallest absolute Gasteiger partial charge is 0.417 e. The van der Waals surface area contributed by atoms with Crippen LogP contribution in [0.2, 0.25) is 0 Å². The second kappa shape index (κ2) is 7.92. The lowest BCUT2D eigenvalue weighted by molar-refractivity contribution is -0.137. The van der Waals surface area contributed by atoms with Crippen LogP contribution in [0.15, 0.2) is 18.3 Å². The van der Waals surface area contributed by atoms with E-state index in [2.05, 4.69) is 15.0 Å². The monoisotopic (exact) mass is 377 g/mol. The van der Waals surface area contributed by atoms with Crippen LogP contribution in [0.1, 0.15) is 51.5 Å². The molecule has 1 aromatic rings. The Morgan fingerprint density at radius 3 is 2.40 bits per heavy atom. The van der Waals surface area contributed by atoms with E-state index in [1.54, 1.807) is 0 Å². The maximum atomic E-state index is 12.5. The summed E-state index contributed by atoms with van der Waals surface area (Å²) in [6, 6.07) is 2.03. The van der Waals surface area contributed by atoms with Gasteiger partial charge in [-0.2, -0.15) is 13.2 Å². The minimum Gasteiger partial charge on any atom is -0.597 e. The number of halogens is 3. The number of pyridine rings is 1. The molecule has 2 rings (SSSR count). The molecule has 1 fully saturated rings. The van der Waals surface area contributed by atoms with E-state index in [4.69, 9.17) is 0 Å². The number of nitrogens with one attached hydrogen (secondary N) is 2. The van der Waals surface area contributed by atoms with Crippen molar-refractivity contribution in [3.05, 3.63) is 23.9 Å². The van der Waals surface area contributed by atoms with Crippen LogP contribution >= 0.6 is 0 Å². The van der Waals surface area contributed by atoms with E-state index in [0.29, 0.717) is 6.20 Å². The standard InChI is InChI=1S/C16H22F3N3O2S/c1-15(2,25(24)22-12-6-4-3-5-7-12)14(23)21-13-9-8-11(10-20-13)16(17,18)19/h8-10,12,22H,3-7H2,1-2H3,(H,20,21,23). The number of carbonyl (C=O) groups is 1. The number of alkyl halides is 3. The highest BCUT2D eigenvalue weighted by molar-refractivity contribution is 7.91. The zero-order chi connectivity index (χ0) is 18.7. The molecule has 1 amide bonds. The first-order chi connectivity index (χ1) is 11.6. The molecular formula is C16H22F3N3O2S. The summed E-state index contributed by atoms with van der Waals surface area (Å²) in [6.07, 6.45) is 1.30.